The molecule has 0 heterocycles. The second-order valence-electron chi connectivity index (χ2n) is 5.09. The van der Waals surface area contributed by atoms with Crippen molar-refractivity contribution in [3.05, 3.63) is 63.6 Å². The van der Waals surface area contributed by atoms with Crippen LogP contribution in [0, 0.1) is 0 Å². The molecule has 0 saturated carbocycles. The molecule has 0 atom stereocenters. The Kier molecular flexibility index (Phi) is 7.10. The summed E-state index contributed by atoms with van der Waals surface area (Å²) in [5.41, 5.74) is 0.819. The summed E-state index contributed by atoms with van der Waals surface area (Å²) in [6.07, 6.45) is 0. The van der Waals surface area contributed by atoms with E-state index >= 15 is 0 Å². The largest absolute Gasteiger partial charge is 0.494 e. The zero-order valence-electron chi connectivity index (χ0n) is 13.6. The van der Waals surface area contributed by atoms with E-state index in [-0.39, 0.29) is 24.9 Å². The molecule has 0 unspecified atom stereocenters. The molecular formula is C18H18Cl2N2O3. The number of rotatable bonds is 7. The summed E-state index contributed by atoms with van der Waals surface area (Å²) in [5.74, 6) is 0.144. The Hall–Kier alpha value is -2.24. The van der Waals surface area contributed by atoms with Crippen molar-refractivity contribution in [3.8, 4) is 5.75 Å². The van der Waals surface area contributed by atoms with Crippen molar-refractivity contribution < 1.29 is 14.3 Å². The molecule has 0 fully saturated rings. The van der Waals surface area contributed by atoms with Crippen molar-refractivity contribution in [3.63, 3.8) is 0 Å². The van der Waals surface area contributed by atoms with Gasteiger partial charge in [0.2, 0.25) is 0 Å². The molecule has 0 aromatic heterocycles. The first-order valence-corrected chi connectivity index (χ1v) is 8.51. The topological polar surface area (TPSA) is 67.4 Å². The van der Waals surface area contributed by atoms with Crippen LogP contribution >= 0.6 is 23.2 Å². The van der Waals surface area contributed by atoms with Gasteiger partial charge in [-0.3, -0.25) is 9.59 Å². The first-order valence-electron chi connectivity index (χ1n) is 7.75. The Labute approximate surface area is 156 Å². The van der Waals surface area contributed by atoms with Gasteiger partial charge in [-0.2, -0.15) is 0 Å². The molecule has 0 saturated heterocycles. The molecule has 0 aliphatic carbocycles. The minimum absolute atomic E-state index is 0.224. The summed E-state index contributed by atoms with van der Waals surface area (Å²) in [6, 6.07) is 11.5. The summed E-state index contributed by atoms with van der Waals surface area (Å²) >= 11 is 11.8. The average molecular weight is 381 g/mol. The standard InChI is InChI=1S/C18H18Cl2N2O3/c1-2-25-14-6-3-12(4-7-14)17(23)21-9-10-22-18(24)15-11-13(19)5-8-16(15)20/h3-8,11H,2,9-10H2,1H3,(H,21,23)(H,22,24). The van der Waals surface area contributed by atoms with E-state index in [0.29, 0.717) is 33.5 Å². The zero-order valence-corrected chi connectivity index (χ0v) is 15.2. The quantitative estimate of drug-likeness (QED) is 0.721. The van der Waals surface area contributed by atoms with Crippen LogP contribution in [-0.2, 0) is 0 Å². The van der Waals surface area contributed by atoms with Gasteiger partial charge in [0.15, 0.2) is 0 Å². The maximum atomic E-state index is 12.1. The van der Waals surface area contributed by atoms with Crippen LogP contribution in [0.5, 0.6) is 5.75 Å². The highest BCUT2D eigenvalue weighted by Crippen LogP contribution is 2.20. The molecule has 0 radical (unpaired) electrons. The Balaban J connectivity index is 1.79. The smallest absolute Gasteiger partial charge is 0.252 e. The lowest BCUT2D eigenvalue weighted by molar-refractivity contribution is 0.0927. The number of benzene rings is 2. The van der Waals surface area contributed by atoms with Crippen molar-refractivity contribution in [1.82, 2.24) is 10.6 Å². The van der Waals surface area contributed by atoms with Crippen LogP contribution in [0.3, 0.4) is 0 Å². The number of halogens is 2. The van der Waals surface area contributed by atoms with Gasteiger partial charge in [0.25, 0.3) is 11.8 Å². The van der Waals surface area contributed by atoms with E-state index in [0.717, 1.165) is 0 Å². The fourth-order valence-corrected chi connectivity index (χ4v) is 2.47. The molecule has 2 aromatic carbocycles. The van der Waals surface area contributed by atoms with Crippen LogP contribution in [0.4, 0.5) is 0 Å². The lowest BCUT2D eigenvalue weighted by Gasteiger charge is -2.09. The van der Waals surface area contributed by atoms with Gasteiger partial charge in [-0.15, -0.1) is 0 Å². The third-order valence-electron chi connectivity index (χ3n) is 3.30. The Morgan fingerprint density at radius 1 is 0.960 bits per heavy atom. The van der Waals surface area contributed by atoms with Gasteiger partial charge in [0.05, 0.1) is 17.2 Å². The lowest BCUT2D eigenvalue weighted by atomic mass is 10.2. The van der Waals surface area contributed by atoms with Gasteiger partial charge in [-0.05, 0) is 49.4 Å². The zero-order chi connectivity index (χ0) is 18.2. The molecule has 132 valence electrons. The van der Waals surface area contributed by atoms with Crippen LogP contribution in [-0.4, -0.2) is 31.5 Å². The van der Waals surface area contributed by atoms with Crippen LogP contribution in [0.15, 0.2) is 42.5 Å². The van der Waals surface area contributed by atoms with Gasteiger partial charge in [0.1, 0.15) is 5.75 Å². The fraction of sp³-hybridized carbons (Fsp3) is 0.222. The summed E-state index contributed by atoms with van der Waals surface area (Å²) < 4.78 is 5.33. The molecule has 0 aliphatic heterocycles. The van der Waals surface area contributed by atoms with Gasteiger partial charge in [-0.1, -0.05) is 23.2 Å². The first kappa shape index (κ1) is 19.1. The molecule has 0 aliphatic rings. The van der Waals surface area contributed by atoms with E-state index in [9.17, 15) is 9.59 Å². The SMILES string of the molecule is CCOc1ccc(C(=O)NCCNC(=O)c2cc(Cl)ccc2Cl)cc1. The summed E-state index contributed by atoms with van der Waals surface area (Å²) in [4.78, 5) is 24.1. The summed E-state index contributed by atoms with van der Waals surface area (Å²) in [5, 5.41) is 6.16. The number of nitrogens with one attached hydrogen (secondary N) is 2. The Bertz CT molecular complexity index is 748. The number of carbonyl (C=O) groups excluding carboxylic acids is 2. The van der Waals surface area contributed by atoms with Gasteiger partial charge in [0, 0.05) is 23.7 Å². The summed E-state index contributed by atoms with van der Waals surface area (Å²) in [6.45, 7) is 3.02. The lowest BCUT2D eigenvalue weighted by Crippen LogP contribution is -2.34. The van der Waals surface area contributed by atoms with Crippen LogP contribution < -0.4 is 15.4 Å². The van der Waals surface area contributed by atoms with Gasteiger partial charge in [-0.25, -0.2) is 0 Å². The van der Waals surface area contributed by atoms with E-state index in [4.69, 9.17) is 27.9 Å². The van der Waals surface area contributed by atoms with Crippen molar-refractivity contribution in [2.75, 3.05) is 19.7 Å². The minimum Gasteiger partial charge on any atom is -0.494 e. The third kappa shape index (κ3) is 5.66. The van der Waals surface area contributed by atoms with Crippen molar-refractivity contribution in [1.29, 1.82) is 0 Å². The summed E-state index contributed by atoms with van der Waals surface area (Å²) in [7, 11) is 0. The maximum absolute atomic E-state index is 12.1. The predicted molar refractivity (Wildman–Crippen MR) is 98.7 cm³/mol. The molecule has 7 heteroatoms. The van der Waals surface area contributed by atoms with Crippen LogP contribution in [0.2, 0.25) is 10.0 Å². The van der Waals surface area contributed by atoms with E-state index < -0.39 is 0 Å². The first-order chi connectivity index (χ1) is 12.0. The molecule has 2 rings (SSSR count). The van der Waals surface area contributed by atoms with E-state index in [1.165, 1.54) is 6.07 Å². The third-order valence-corrected chi connectivity index (χ3v) is 3.86. The highest BCUT2D eigenvalue weighted by atomic mass is 35.5. The van der Waals surface area contributed by atoms with E-state index in [2.05, 4.69) is 10.6 Å². The molecule has 0 spiro atoms. The molecule has 25 heavy (non-hydrogen) atoms. The van der Waals surface area contributed by atoms with Crippen molar-refractivity contribution in [2.24, 2.45) is 0 Å². The Morgan fingerprint density at radius 2 is 1.60 bits per heavy atom. The molecule has 5 nitrogen and oxygen atoms in total. The van der Waals surface area contributed by atoms with Crippen molar-refractivity contribution in [2.45, 2.75) is 6.92 Å². The monoisotopic (exact) mass is 380 g/mol. The van der Waals surface area contributed by atoms with Gasteiger partial charge < -0.3 is 15.4 Å². The normalized spacial score (nSPS) is 10.2. The highest BCUT2D eigenvalue weighted by Gasteiger charge is 2.11. The molecule has 2 aromatic rings. The fourth-order valence-electron chi connectivity index (χ4n) is 2.09. The molecule has 2 N–H and O–H groups in total. The average Bonchev–Trinajstić information content (AvgIpc) is 2.61. The number of hydrogen-bond acceptors (Lipinski definition) is 3. The van der Waals surface area contributed by atoms with Crippen molar-refractivity contribution >= 4 is 35.0 Å². The number of amides is 2. The second-order valence-corrected chi connectivity index (χ2v) is 5.94. The highest BCUT2D eigenvalue weighted by molar-refractivity contribution is 6.35. The molecule has 0 bridgehead atoms. The molecule has 2 amide bonds. The number of hydrogen-bond donors (Lipinski definition) is 2. The van der Waals surface area contributed by atoms with Crippen LogP contribution in [0.1, 0.15) is 27.6 Å². The second kappa shape index (κ2) is 9.30. The van der Waals surface area contributed by atoms with Gasteiger partial charge >= 0.3 is 0 Å². The predicted octanol–water partition coefficient (Wildman–Crippen LogP) is 3.55. The molecular weight excluding hydrogens is 363 g/mol. The minimum atomic E-state index is -0.345. The maximum Gasteiger partial charge on any atom is 0.252 e. The van der Waals surface area contributed by atoms with Crippen LogP contribution in [0.25, 0.3) is 0 Å². The number of ether oxygens (including phenoxy) is 1. The Morgan fingerprint density at radius 3 is 2.24 bits per heavy atom. The van der Waals surface area contributed by atoms with E-state index in [1.54, 1.807) is 36.4 Å². The van der Waals surface area contributed by atoms with E-state index in [1.807, 2.05) is 6.92 Å². The number of carbonyl (C=O) groups is 2.